The van der Waals surface area contributed by atoms with Crippen LogP contribution in [0.25, 0.3) is 0 Å². The number of terminal acetylenes is 1. The number of ether oxygens (including phenoxy) is 1. The zero-order valence-corrected chi connectivity index (χ0v) is 16.8. The minimum absolute atomic E-state index is 0.119. The lowest BCUT2D eigenvalue weighted by Crippen LogP contribution is -2.32. The van der Waals surface area contributed by atoms with Crippen molar-refractivity contribution in [3.05, 3.63) is 59.7 Å². The van der Waals surface area contributed by atoms with E-state index in [0.717, 1.165) is 17.7 Å². The molecule has 1 atom stereocenters. The molecule has 0 saturated carbocycles. The van der Waals surface area contributed by atoms with Crippen LogP contribution in [0.1, 0.15) is 36.2 Å². The van der Waals surface area contributed by atoms with Gasteiger partial charge in [0.15, 0.2) is 0 Å². The Bertz CT molecular complexity index is 839. The molecule has 0 saturated heterocycles. The topological polar surface area (TPSA) is 79.5 Å². The number of hydrogen-bond donors (Lipinski definition) is 3. The van der Waals surface area contributed by atoms with Crippen LogP contribution in [-0.4, -0.2) is 31.1 Å². The van der Waals surface area contributed by atoms with Crippen molar-refractivity contribution in [1.29, 1.82) is 0 Å². The molecular formula is C23H27N3O3. The highest BCUT2D eigenvalue weighted by Crippen LogP contribution is 2.12. The number of anilines is 1. The van der Waals surface area contributed by atoms with Crippen molar-refractivity contribution in [1.82, 2.24) is 10.6 Å². The molecule has 0 fully saturated rings. The Labute approximate surface area is 172 Å². The van der Waals surface area contributed by atoms with E-state index in [2.05, 4.69) is 21.9 Å². The molecule has 2 rings (SSSR count). The normalized spacial score (nSPS) is 11.1. The van der Waals surface area contributed by atoms with Crippen molar-refractivity contribution in [2.75, 3.05) is 18.5 Å². The number of urea groups is 1. The maximum Gasteiger partial charge on any atom is 0.319 e. The summed E-state index contributed by atoms with van der Waals surface area (Å²) in [5, 5.41) is 8.48. The maximum absolute atomic E-state index is 12.1. The third-order valence-electron chi connectivity index (χ3n) is 4.34. The Kier molecular flexibility index (Phi) is 8.58. The first-order valence-electron chi connectivity index (χ1n) is 9.62. The molecule has 29 heavy (non-hydrogen) atoms. The smallest absolute Gasteiger partial charge is 0.319 e. The van der Waals surface area contributed by atoms with Crippen molar-refractivity contribution in [3.8, 4) is 18.1 Å². The van der Waals surface area contributed by atoms with E-state index in [0.29, 0.717) is 24.2 Å². The van der Waals surface area contributed by atoms with E-state index in [-0.39, 0.29) is 24.6 Å². The molecule has 0 aliphatic carbocycles. The lowest BCUT2D eigenvalue weighted by atomic mass is 10.1. The Morgan fingerprint density at radius 3 is 2.41 bits per heavy atom. The minimum Gasteiger partial charge on any atom is -0.481 e. The van der Waals surface area contributed by atoms with Gasteiger partial charge in [-0.25, -0.2) is 4.79 Å². The predicted molar refractivity (Wildman–Crippen MR) is 115 cm³/mol. The Morgan fingerprint density at radius 2 is 1.79 bits per heavy atom. The van der Waals surface area contributed by atoms with Crippen LogP contribution in [0.4, 0.5) is 10.5 Å². The second-order valence-electron chi connectivity index (χ2n) is 6.63. The molecule has 0 bridgehead atoms. The van der Waals surface area contributed by atoms with Gasteiger partial charge in [0, 0.05) is 23.8 Å². The summed E-state index contributed by atoms with van der Waals surface area (Å²) in [5.41, 5.74) is 2.26. The molecule has 0 spiro atoms. The molecule has 0 aliphatic heterocycles. The number of nitrogens with one attached hydrogen (secondary N) is 3. The van der Waals surface area contributed by atoms with Crippen LogP contribution in [0.2, 0.25) is 0 Å². The van der Waals surface area contributed by atoms with Gasteiger partial charge in [-0.3, -0.25) is 4.79 Å². The Morgan fingerprint density at radius 1 is 1.10 bits per heavy atom. The standard InChI is InChI=1S/C23H27N3O3/c1-4-16-29-21-12-6-18(7-13-21)14-15-24-23(28)26-20-10-8-19(9-11-20)22(27)25-17(3)5-2/h1,6-13,17H,5,14-16H2,2-3H3,(H,25,27)(H2,24,26,28). The Hall–Kier alpha value is -3.46. The number of rotatable bonds is 9. The van der Waals surface area contributed by atoms with Crippen LogP contribution in [0, 0.1) is 12.3 Å². The molecule has 0 heterocycles. The average Bonchev–Trinajstić information content (AvgIpc) is 2.73. The molecule has 0 aliphatic rings. The van der Waals surface area contributed by atoms with Crippen molar-refractivity contribution in [2.24, 2.45) is 0 Å². The average molecular weight is 393 g/mol. The highest BCUT2D eigenvalue weighted by molar-refractivity contribution is 5.95. The van der Waals surface area contributed by atoms with Crippen LogP contribution in [0.5, 0.6) is 5.75 Å². The van der Waals surface area contributed by atoms with Crippen LogP contribution in [0.15, 0.2) is 48.5 Å². The summed E-state index contributed by atoms with van der Waals surface area (Å²) < 4.78 is 5.33. The number of hydrogen-bond acceptors (Lipinski definition) is 3. The van der Waals surface area contributed by atoms with E-state index in [1.54, 1.807) is 24.3 Å². The molecule has 0 aromatic heterocycles. The van der Waals surface area contributed by atoms with Crippen LogP contribution >= 0.6 is 0 Å². The summed E-state index contributed by atoms with van der Waals surface area (Å²) in [7, 11) is 0. The lowest BCUT2D eigenvalue weighted by molar-refractivity contribution is 0.0939. The first-order chi connectivity index (χ1) is 14.0. The van der Waals surface area contributed by atoms with E-state index in [1.807, 2.05) is 38.1 Å². The third-order valence-corrected chi connectivity index (χ3v) is 4.34. The number of carbonyl (C=O) groups excluding carboxylic acids is 2. The van der Waals surface area contributed by atoms with Gasteiger partial charge in [-0.15, -0.1) is 6.42 Å². The van der Waals surface area contributed by atoms with Gasteiger partial charge >= 0.3 is 6.03 Å². The van der Waals surface area contributed by atoms with Gasteiger partial charge in [-0.05, 0) is 61.7 Å². The fraction of sp³-hybridized carbons (Fsp3) is 0.304. The molecule has 0 radical (unpaired) electrons. The maximum atomic E-state index is 12.1. The van der Waals surface area contributed by atoms with Crippen LogP contribution < -0.4 is 20.7 Å². The molecule has 3 N–H and O–H groups in total. The summed E-state index contributed by atoms with van der Waals surface area (Å²) >= 11 is 0. The molecule has 1 unspecified atom stereocenters. The summed E-state index contributed by atoms with van der Waals surface area (Å²) in [6, 6.07) is 14.2. The van der Waals surface area contributed by atoms with Gasteiger partial charge in [-0.1, -0.05) is 25.0 Å². The van der Waals surface area contributed by atoms with E-state index >= 15 is 0 Å². The second-order valence-corrected chi connectivity index (χ2v) is 6.63. The zero-order chi connectivity index (χ0) is 21.1. The van der Waals surface area contributed by atoms with Gasteiger partial charge in [0.05, 0.1) is 0 Å². The van der Waals surface area contributed by atoms with E-state index < -0.39 is 0 Å². The first-order valence-corrected chi connectivity index (χ1v) is 9.62. The van der Waals surface area contributed by atoms with Crippen molar-refractivity contribution >= 4 is 17.6 Å². The van der Waals surface area contributed by atoms with E-state index in [9.17, 15) is 9.59 Å². The molecule has 6 nitrogen and oxygen atoms in total. The van der Waals surface area contributed by atoms with Gasteiger partial charge < -0.3 is 20.7 Å². The molecule has 152 valence electrons. The van der Waals surface area contributed by atoms with Gasteiger partial charge in [0.2, 0.25) is 0 Å². The fourth-order valence-corrected chi connectivity index (χ4v) is 2.49. The monoisotopic (exact) mass is 393 g/mol. The number of carbonyl (C=O) groups is 2. The Balaban J connectivity index is 1.75. The minimum atomic E-state index is -0.296. The summed E-state index contributed by atoms with van der Waals surface area (Å²) in [6.07, 6.45) is 6.72. The van der Waals surface area contributed by atoms with Gasteiger partial charge in [0.1, 0.15) is 12.4 Å². The largest absolute Gasteiger partial charge is 0.481 e. The number of amides is 3. The molecule has 3 amide bonds. The first kappa shape index (κ1) is 21.8. The van der Waals surface area contributed by atoms with Crippen molar-refractivity contribution < 1.29 is 14.3 Å². The summed E-state index contributed by atoms with van der Waals surface area (Å²) in [4.78, 5) is 24.1. The quantitative estimate of drug-likeness (QED) is 0.570. The molecule has 2 aromatic rings. The van der Waals surface area contributed by atoms with Crippen molar-refractivity contribution in [3.63, 3.8) is 0 Å². The molecule has 6 heteroatoms. The van der Waals surface area contributed by atoms with E-state index in [4.69, 9.17) is 11.2 Å². The third kappa shape index (κ3) is 7.59. The fourth-order valence-electron chi connectivity index (χ4n) is 2.49. The predicted octanol–water partition coefficient (Wildman–Crippen LogP) is 3.59. The highest BCUT2D eigenvalue weighted by Gasteiger charge is 2.09. The molecular weight excluding hydrogens is 366 g/mol. The SMILES string of the molecule is C#CCOc1ccc(CCNC(=O)Nc2ccc(C(=O)NC(C)CC)cc2)cc1. The van der Waals surface area contributed by atoms with E-state index in [1.165, 1.54) is 0 Å². The van der Waals surface area contributed by atoms with Gasteiger partial charge in [-0.2, -0.15) is 0 Å². The zero-order valence-electron chi connectivity index (χ0n) is 16.8. The second kappa shape index (κ2) is 11.4. The van der Waals surface area contributed by atoms with Gasteiger partial charge in [0.25, 0.3) is 5.91 Å². The molecule has 2 aromatic carbocycles. The summed E-state index contributed by atoms with van der Waals surface area (Å²) in [6.45, 7) is 4.71. The van der Waals surface area contributed by atoms with Crippen LogP contribution in [-0.2, 0) is 6.42 Å². The van der Waals surface area contributed by atoms with Crippen molar-refractivity contribution in [2.45, 2.75) is 32.7 Å². The summed E-state index contributed by atoms with van der Waals surface area (Å²) in [5.74, 6) is 3.02. The number of benzene rings is 2. The lowest BCUT2D eigenvalue weighted by Gasteiger charge is -2.12. The van der Waals surface area contributed by atoms with Crippen LogP contribution in [0.3, 0.4) is 0 Å². The highest BCUT2D eigenvalue weighted by atomic mass is 16.5.